The fourth-order valence-electron chi connectivity index (χ4n) is 2.62. The second kappa shape index (κ2) is 10.9. The standard InChI is InChI=1S/C18H41NO5Si3/c1-11-19(13-12-14-27(9,10)22-2)16(18(21)24-26(6,7)8)15-17(20)23-25(3,4)5/h16H,11-15H2,1-10H3. The van der Waals surface area contributed by atoms with Gasteiger partial charge in [-0.05, 0) is 77.9 Å². The van der Waals surface area contributed by atoms with Crippen molar-refractivity contribution >= 4 is 36.9 Å². The van der Waals surface area contributed by atoms with Gasteiger partial charge in [-0.1, -0.05) is 6.92 Å². The lowest BCUT2D eigenvalue weighted by atomic mass is 10.1. The summed E-state index contributed by atoms with van der Waals surface area (Å²) in [5.41, 5.74) is 0. The molecule has 0 saturated heterocycles. The van der Waals surface area contributed by atoms with Crippen LogP contribution >= 0.6 is 0 Å². The van der Waals surface area contributed by atoms with Gasteiger partial charge >= 0.3 is 5.97 Å². The van der Waals surface area contributed by atoms with Crippen LogP contribution in [0.15, 0.2) is 0 Å². The zero-order valence-corrected chi connectivity index (χ0v) is 22.1. The summed E-state index contributed by atoms with van der Waals surface area (Å²) in [6.07, 6.45) is 0.979. The summed E-state index contributed by atoms with van der Waals surface area (Å²) in [5, 5.41) is 0. The summed E-state index contributed by atoms with van der Waals surface area (Å²) in [6.45, 7) is 19.6. The Bertz CT molecular complexity index is 486. The normalized spacial score (nSPS) is 14.2. The van der Waals surface area contributed by atoms with Gasteiger partial charge in [0.25, 0.3) is 5.97 Å². The quantitative estimate of drug-likeness (QED) is 0.431. The molecule has 27 heavy (non-hydrogen) atoms. The monoisotopic (exact) mass is 435 g/mol. The van der Waals surface area contributed by atoms with E-state index in [1.54, 1.807) is 7.11 Å². The first-order chi connectivity index (χ1) is 12.1. The Morgan fingerprint density at radius 2 is 1.44 bits per heavy atom. The number of likely N-dealkylation sites (N-methyl/N-ethyl adjacent to an activating group) is 1. The van der Waals surface area contributed by atoms with Gasteiger partial charge in [-0.3, -0.25) is 14.5 Å². The van der Waals surface area contributed by atoms with Crippen molar-refractivity contribution in [1.29, 1.82) is 0 Å². The van der Waals surface area contributed by atoms with Crippen LogP contribution in [0.3, 0.4) is 0 Å². The minimum Gasteiger partial charge on any atom is -0.520 e. The molecule has 0 aromatic rings. The Balaban J connectivity index is 5.21. The summed E-state index contributed by atoms with van der Waals surface area (Å²) in [6, 6.07) is 0.424. The number of carbonyl (C=O) groups is 2. The summed E-state index contributed by atoms with van der Waals surface area (Å²) in [4.78, 5) is 27.3. The third-order valence-electron chi connectivity index (χ3n) is 4.08. The first-order valence-corrected chi connectivity index (χ1v) is 19.8. The topological polar surface area (TPSA) is 65.1 Å². The molecule has 0 N–H and O–H groups in total. The molecule has 0 bridgehead atoms. The van der Waals surface area contributed by atoms with Crippen LogP contribution < -0.4 is 0 Å². The molecule has 0 saturated carbocycles. The molecule has 9 heteroatoms. The minimum atomic E-state index is -2.04. The van der Waals surface area contributed by atoms with Crippen LogP contribution in [0.1, 0.15) is 19.8 Å². The van der Waals surface area contributed by atoms with Crippen LogP contribution in [0, 0.1) is 0 Å². The number of hydrogen-bond donors (Lipinski definition) is 0. The minimum absolute atomic E-state index is 0.0481. The predicted molar refractivity (Wildman–Crippen MR) is 118 cm³/mol. The van der Waals surface area contributed by atoms with E-state index in [0.717, 1.165) is 19.0 Å². The molecule has 0 aromatic carbocycles. The van der Waals surface area contributed by atoms with Crippen LogP contribution in [0.5, 0.6) is 0 Å². The van der Waals surface area contributed by atoms with Gasteiger partial charge in [0.2, 0.25) is 16.6 Å². The Morgan fingerprint density at radius 1 is 0.926 bits per heavy atom. The number of nitrogens with zero attached hydrogens (tertiary/aromatic N) is 1. The van der Waals surface area contributed by atoms with Crippen molar-refractivity contribution < 1.29 is 22.9 Å². The van der Waals surface area contributed by atoms with E-state index >= 15 is 0 Å². The van der Waals surface area contributed by atoms with Crippen molar-refractivity contribution in [2.24, 2.45) is 0 Å². The molecule has 160 valence electrons. The van der Waals surface area contributed by atoms with Crippen LogP contribution in [0.2, 0.25) is 58.4 Å². The number of rotatable bonds is 12. The molecule has 0 fully saturated rings. The molecule has 0 spiro atoms. The number of carbonyl (C=O) groups excluding carboxylic acids is 2. The maximum atomic E-state index is 12.8. The van der Waals surface area contributed by atoms with Crippen molar-refractivity contribution in [3.8, 4) is 0 Å². The SMILES string of the molecule is CCN(CCC[Si](C)(C)OC)C(CC(=O)O[Si](C)(C)C)C(=O)O[Si](C)(C)C. The second-order valence-corrected chi connectivity index (χ2v) is 22.8. The molecule has 1 atom stereocenters. The van der Waals surface area contributed by atoms with Crippen molar-refractivity contribution in [1.82, 2.24) is 4.90 Å². The Hall–Kier alpha value is -0.489. The zero-order valence-electron chi connectivity index (χ0n) is 19.1. The van der Waals surface area contributed by atoms with E-state index in [9.17, 15) is 9.59 Å². The molecule has 1 unspecified atom stereocenters. The molecule has 0 rings (SSSR count). The average molecular weight is 436 g/mol. The largest absolute Gasteiger partial charge is 0.520 e. The van der Waals surface area contributed by atoms with E-state index in [-0.39, 0.29) is 18.4 Å². The number of hydrogen-bond acceptors (Lipinski definition) is 6. The second-order valence-electron chi connectivity index (χ2n) is 9.54. The van der Waals surface area contributed by atoms with Crippen LogP contribution in [-0.4, -0.2) is 68.0 Å². The van der Waals surface area contributed by atoms with E-state index in [2.05, 4.69) is 13.1 Å². The van der Waals surface area contributed by atoms with Gasteiger partial charge in [0.05, 0.1) is 6.42 Å². The highest BCUT2D eigenvalue weighted by Gasteiger charge is 2.34. The summed E-state index contributed by atoms with van der Waals surface area (Å²) < 4.78 is 16.9. The lowest BCUT2D eigenvalue weighted by Crippen LogP contribution is -2.48. The highest BCUT2D eigenvalue weighted by atomic mass is 28.4. The first kappa shape index (κ1) is 26.5. The molecule has 0 amide bonds. The van der Waals surface area contributed by atoms with Gasteiger partial charge in [0.15, 0.2) is 8.32 Å². The maximum absolute atomic E-state index is 12.8. The lowest BCUT2D eigenvalue weighted by Gasteiger charge is -2.32. The molecule has 0 radical (unpaired) electrons. The van der Waals surface area contributed by atoms with Crippen LogP contribution in [-0.2, 0) is 22.9 Å². The van der Waals surface area contributed by atoms with Gasteiger partial charge in [0, 0.05) is 7.11 Å². The fraction of sp³-hybridized carbons (Fsp3) is 0.889. The zero-order chi connectivity index (χ0) is 21.5. The average Bonchev–Trinajstić information content (AvgIpc) is 2.46. The molecule has 0 aliphatic carbocycles. The van der Waals surface area contributed by atoms with Gasteiger partial charge in [0.1, 0.15) is 6.04 Å². The highest BCUT2D eigenvalue weighted by Crippen LogP contribution is 2.18. The smallest absolute Gasteiger partial charge is 0.310 e. The van der Waals surface area contributed by atoms with Crippen LogP contribution in [0.4, 0.5) is 0 Å². The van der Waals surface area contributed by atoms with E-state index in [1.165, 1.54) is 0 Å². The third-order valence-corrected chi connectivity index (χ3v) is 8.40. The highest BCUT2D eigenvalue weighted by molar-refractivity contribution is 6.72. The molecule has 0 heterocycles. The summed E-state index contributed by atoms with van der Waals surface area (Å²) in [7, 11) is -3.91. The van der Waals surface area contributed by atoms with E-state index < -0.39 is 31.0 Å². The molecular formula is C18H41NO5Si3. The van der Waals surface area contributed by atoms with E-state index in [0.29, 0.717) is 6.54 Å². The van der Waals surface area contributed by atoms with Crippen molar-refractivity contribution in [2.45, 2.75) is 84.2 Å². The fourth-order valence-corrected chi connectivity index (χ4v) is 5.34. The van der Waals surface area contributed by atoms with Gasteiger partial charge in [-0.2, -0.15) is 0 Å². The van der Waals surface area contributed by atoms with Gasteiger partial charge < -0.3 is 13.3 Å². The third kappa shape index (κ3) is 12.6. The van der Waals surface area contributed by atoms with E-state index in [4.69, 9.17) is 13.3 Å². The first-order valence-electron chi connectivity index (χ1n) is 9.84. The maximum Gasteiger partial charge on any atom is 0.310 e. The molecule has 0 aliphatic rings. The Kier molecular flexibility index (Phi) is 10.7. The van der Waals surface area contributed by atoms with Gasteiger partial charge in [-0.25, -0.2) is 0 Å². The van der Waals surface area contributed by atoms with Crippen molar-refractivity contribution in [3.05, 3.63) is 0 Å². The molecule has 6 nitrogen and oxygen atoms in total. The van der Waals surface area contributed by atoms with Gasteiger partial charge in [-0.15, -0.1) is 0 Å². The lowest BCUT2D eigenvalue weighted by molar-refractivity contribution is -0.147. The predicted octanol–water partition coefficient (Wildman–Crippen LogP) is 4.06. The molecular weight excluding hydrogens is 394 g/mol. The Labute approximate surface area is 169 Å². The molecule has 0 aliphatic heterocycles. The van der Waals surface area contributed by atoms with Crippen molar-refractivity contribution in [2.75, 3.05) is 20.2 Å². The summed E-state index contributed by atoms with van der Waals surface area (Å²) >= 11 is 0. The van der Waals surface area contributed by atoms with Crippen LogP contribution in [0.25, 0.3) is 0 Å². The Morgan fingerprint density at radius 3 is 1.85 bits per heavy atom. The van der Waals surface area contributed by atoms with Crippen molar-refractivity contribution in [3.63, 3.8) is 0 Å². The molecule has 0 aromatic heterocycles. The summed E-state index contributed by atoms with van der Waals surface area (Å²) in [5.74, 6) is -0.608. The van der Waals surface area contributed by atoms with E-state index in [1.807, 2.05) is 51.1 Å².